The largest absolute Gasteiger partial charge is 0.251 e. The lowest BCUT2D eigenvalue weighted by molar-refractivity contribution is 0.628. The second kappa shape index (κ2) is 2.40. The fraction of sp³-hybridized carbons (Fsp3) is 0.333. The average Bonchev–Trinajstić information content (AvgIpc) is 2.13. The number of nitrogens with zero attached hydrogens (tertiary/aromatic N) is 2. The third-order valence-electron chi connectivity index (χ3n) is 0.779. The standard InChI is InChI=1S/C3H4N2O2S2/c1-3-5-4-2-8(3)9(6)7/h2H,1H3. The Hall–Kier alpha value is -0.490. The van der Waals surface area contributed by atoms with Crippen LogP contribution in [0.25, 0.3) is 0 Å². The van der Waals surface area contributed by atoms with E-state index in [1.54, 1.807) is 6.92 Å². The van der Waals surface area contributed by atoms with E-state index in [1.807, 2.05) is 0 Å². The van der Waals surface area contributed by atoms with Gasteiger partial charge in [-0.15, -0.1) is 5.10 Å². The quantitative estimate of drug-likeness (QED) is 0.496. The first-order chi connectivity index (χ1) is 4.22. The van der Waals surface area contributed by atoms with Crippen LogP contribution in [0.15, 0.2) is 10.2 Å². The van der Waals surface area contributed by atoms with Gasteiger partial charge in [-0.05, 0) is 6.92 Å². The van der Waals surface area contributed by atoms with Crippen molar-refractivity contribution < 1.29 is 8.42 Å². The summed E-state index contributed by atoms with van der Waals surface area (Å²) in [7, 11) is -2.92. The molecule has 0 saturated heterocycles. The van der Waals surface area contributed by atoms with Crippen LogP contribution in [-0.4, -0.2) is 19.0 Å². The molecule has 1 unspecified atom stereocenters. The van der Waals surface area contributed by atoms with Gasteiger partial charge < -0.3 is 0 Å². The summed E-state index contributed by atoms with van der Waals surface area (Å²) in [5.74, 6) is 0. The molecule has 1 aliphatic heterocycles. The Bertz CT molecular complexity index is 303. The molecule has 1 rings (SSSR count). The fourth-order valence-corrected chi connectivity index (χ4v) is 2.10. The van der Waals surface area contributed by atoms with E-state index in [1.165, 1.54) is 5.55 Å². The molecule has 0 spiro atoms. The Morgan fingerprint density at radius 3 is 2.56 bits per heavy atom. The lowest BCUT2D eigenvalue weighted by atomic mass is 10.9. The Morgan fingerprint density at radius 2 is 2.33 bits per heavy atom. The van der Waals surface area contributed by atoms with Crippen molar-refractivity contribution in [3.05, 3.63) is 0 Å². The van der Waals surface area contributed by atoms with Crippen LogP contribution >= 0.6 is 0 Å². The number of hydrogen-bond acceptors (Lipinski definition) is 4. The van der Waals surface area contributed by atoms with Gasteiger partial charge >= 0.3 is 0 Å². The van der Waals surface area contributed by atoms with E-state index in [0.29, 0.717) is 5.04 Å². The van der Waals surface area contributed by atoms with Crippen molar-refractivity contribution in [2.24, 2.45) is 10.2 Å². The first-order valence-corrected chi connectivity index (χ1v) is 5.00. The zero-order valence-electron chi connectivity index (χ0n) is 4.60. The maximum absolute atomic E-state index is 10.3. The predicted octanol–water partition coefficient (Wildman–Crippen LogP) is -0.226. The molecule has 0 saturated carbocycles. The van der Waals surface area contributed by atoms with E-state index in [9.17, 15) is 8.42 Å². The summed E-state index contributed by atoms with van der Waals surface area (Å²) < 4.78 is 20.5. The van der Waals surface area contributed by atoms with Gasteiger partial charge in [0.1, 0.15) is 5.04 Å². The smallest absolute Gasteiger partial charge is 0.177 e. The van der Waals surface area contributed by atoms with Crippen molar-refractivity contribution in [2.45, 2.75) is 6.92 Å². The molecule has 1 atom stereocenters. The van der Waals surface area contributed by atoms with E-state index in [-0.39, 0.29) is 0 Å². The SMILES string of the molecule is CC1=NN=CS1=S(=O)=O. The van der Waals surface area contributed by atoms with Gasteiger partial charge in [0, 0.05) is 9.45 Å². The number of hydrogen-bond donors (Lipinski definition) is 0. The van der Waals surface area contributed by atoms with Crippen molar-refractivity contribution in [3.63, 3.8) is 0 Å². The highest BCUT2D eigenvalue weighted by Crippen LogP contribution is 1.95. The summed E-state index contributed by atoms with van der Waals surface area (Å²) in [6.45, 7) is 1.64. The van der Waals surface area contributed by atoms with Crippen LogP contribution in [0.3, 0.4) is 0 Å². The summed E-state index contributed by atoms with van der Waals surface area (Å²) in [6, 6.07) is 0. The lowest BCUT2D eigenvalue weighted by Gasteiger charge is -1.80. The molecule has 0 aliphatic carbocycles. The molecular formula is C3H4N2O2S2. The van der Waals surface area contributed by atoms with Crippen molar-refractivity contribution in [3.8, 4) is 0 Å². The first-order valence-electron chi connectivity index (χ1n) is 2.12. The maximum atomic E-state index is 10.3. The van der Waals surface area contributed by atoms with E-state index in [4.69, 9.17) is 0 Å². The summed E-state index contributed by atoms with van der Waals surface area (Å²) in [4.78, 5) is 0. The molecule has 0 aromatic heterocycles. The zero-order chi connectivity index (χ0) is 6.85. The monoisotopic (exact) mass is 164 g/mol. The van der Waals surface area contributed by atoms with Gasteiger partial charge in [0.15, 0.2) is 0 Å². The van der Waals surface area contributed by atoms with Gasteiger partial charge in [0.25, 0.3) is 9.26 Å². The Morgan fingerprint density at radius 1 is 1.67 bits per heavy atom. The van der Waals surface area contributed by atoms with Gasteiger partial charge in [-0.25, -0.2) is 0 Å². The van der Waals surface area contributed by atoms with Crippen LogP contribution in [0.4, 0.5) is 0 Å². The van der Waals surface area contributed by atoms with E-state index >= 15 is 0 Å². The molecule has 0 aromatic carbocycles. The molecule has 0 radical (unpaired) electrons. The second-order valence-corrected chi connectivity index (χ2v) is 5.04. The Balaban J connectivity index is 3.32. The average molecular weight is 164 g/mol. The number of rotatable bonds is 0. The van der Waals surface area contributed by atoms with Crippen LogP contribution in [0.2, 0.25) is 0 Å². The summed E-state index contributed by atoms with van der Waals surface area (Å²) >= 11 is 0. The molecule has 1 aliphatic rings. The van der Waals surface area contributed by atoms with Gasteiger partial charge in [-0.3, -0.25) is 0 Å². The molecule has 0 bridgehead atoms. The first kappa shape index (κ1) is 6.63. The van der Waals surface area contributed by atoms with Gasteiger partial charge in [-0.2, -0.15) is 13.5 Å². The van der Waals surface area contributed by atoms with Crippen LogP contribution in [0, 0.1) is 0 Å². The minimum absolute atomic E-state index is 0.559. The molecule has 0 amide bonds. The fourth-order valence-electron chi connectivity index (χ4n) is 0.398. The van der Waals surface area contributed by atoms with E-state index in [0.717, 1.165) is 0 Å². The van der Waals surface area contributed by atoms with Crippen LogP contribution in [0.1, 0.15) is 6.92 Å². The molecule has 50 valence electrons. The second-order valence-electron chi connectivity index (χ2n) is 1.34. The summed E-state index contributed by atoms with van der Waals surface area (Å²) in [5, 5.41) is 7.55. The molecule has 0 N–H and O–H groups in total. The van der Waals surface area contributed by atoms with Crippen molar-refractivity contribution in [1.82, 2.24) is 0 Å². The van der Waals surface area contributed by atoms with Crippen molar-refractivity contribution in [2.75, 3.05) is 0 Å². The minimum atomic E-state index is -2.07. The van der Waals surface area contributed by atoms with Gasteiger partial charge in [0.05, 0.1) is 5.55 Å². The molecular weight excluding hydrogens is 160 g/mol. The Kier molecular flexibility index (Phi) is 1.77. The van der Waals surface area contributed by atoms with Crippen LogP contribution < -0.4 is 0 Å². The van der Waals surface area contributed by atoms with Crippen molar-refractivity contribution in [1.29, 1.82) is 0 Å². The van der Waals surface area contributed by atoms with Crippen molar-refractivity contribution >= 4 is 29.3 Å². The highest BCUT2D eigenvalue weighted by molar-refractivity contribution is 8.48. The maximum Gasteiger partial charge on any atom is 0.251 e. The molecule has 6 heteroatoms. The zero-order valence-corrected chi connectivity index (χ0v) is 6.24. The third-order valence-corrected chi connectivity index (χ3v) is 3.88. The van der Waals surface area contributed by atoms with Gasteiger partial charge in [0.2, 0.25) is 0 Å². The predicted molar refractivity (Wildman–Crippen MR) is 37.9 cm³/mol. The topological polar surface area (TPSA) is 58.9 Å². The van der Waals surface area contributed by atoms with Gasteiger partial charge in [-0.1, -0.05) is 0 Å². The van der Waals surface area contributed by atoms with E-state index in [2.05, 4.69) is 10.2 Å². The molecule has 9 heavy (non-hydrogen) atoms. The summed E-state index contributed by atoms with van der Waals surface area (Å²) in [6.07, 6.45) is 0. The van der Waals surface area contributed by atoms with E-state index < -0.39 is 18.7 Å². The lowest BCUT2D eigenvalue weighted by Crippen LogP contribution is -1.97. The highest BCUT2D eigenvalue weighted by Gasteiger charge is 2.04. The van der Waals surface area contributed by atoms with Crippen LogP contribution in [0.5, 0.6) is 0 Å². The summed E-state index contributed by atoms with van der Waals surface area (Å²) in [5.41, 5.74) is 1.33. The highest BCUT2D eigenvalue weighted by atomic mass is 32.9. The third kappa shape index (κ3) is 1.25. The molecule has 1 heterocycles. The molecule has 4 nitrogen and oxygen atoms in total. The molecule has 0 fully saturated rings. The minimum Gasteiger partial charge on any atom is -0.177 e. The van der Waals surface area contributed by atoms with Crippen LogP contribution in [-0.2, 0) is 18.7 Å². The molecule has 0 aromatic rings. The normalized spacial score (nSPS) is 24.1. The Labute approximate surface area is 55.4 Å².